The number of nitrogens with one attached hydrogen (secondary N) is 1. The highest BCUT2D eigenvalue weighted by molar-refractivity contribution is 5.84. The van der Waals surface area contributed by atoms with Gasteiger partial charge in [-0.2, -0.15) is 0 Å². The summed E-state index contributed by atoms with van der Waals surface area (Å²) in [6.07, 6.45) is 0. The molecule has 3 nitrogen and oxygen atoms in total. The monoisotopic (exact) mass is 229 g/mol. The first-order valence-electron chi connectivity index (χ1n) is 6.05. The second-order valence-electron chi connectivity index (χ2n) is 5.58. The van der Waals surface area contributed by atoms with Crippen molar-refractivity contribution in [2.75, 3.05) is 13.7 Å². The van der Waals surface area contributed by atoms with Crippen LogP contribution in [0.3, 0.4) is 0 Å². The van der Waals surface area contributed by atoms with Crippen molar-refractivity contribution in [1.29, 1.82) is 0 Å². The van der Waals surface area contributed by atoms with Crippen LogP contribution in [0.2, 0.25) is 0 Å². The Hall–Kier alpha value is -0.570. The van der Waals surface area contributed by atoms with Crippen molar-refractivity contribution in [3.05, 3.63) is 0 Å². The fraction of sp³-hybridized carbons (Fsp3) is 0.923. The highest BCUT2D eigenvalue weighted by Gasteiger charge is 2.28. The minimum absolute atomic E-state index is 0.0405. The van der Waals surface area contributed by atoms with E-state index in [1.54, 1.807) is 21.0 Å². The SMILES string of the molecule is COC(C)(C)C(=O)NCC(C(C)C)C(C)C. The van der Waals surface area contributed by atoms with Crippen molar-refractivity contribution in [2.45, 2.75) is 47.1 Å². The molecular weight excluding hydrogens is 202 g/mol. The third-order valence-corrected chi connectivity index (χ3v) is 3.27. The van der Waals surface area contributed by atoms with E-state index in [1.165, 1.54) is 0 Å². The van der Waals surface area contributed by atoms with Crippen LogP contribution in [-0.4, -0.2) is 25.2 Å². The Labute approximate surface area is 99.9 Å². The van der Waals surface area contributed by atoms with E-state index in [0.29, 0.717) is 17.8 Å². The van der Waals surface area contributed by atoms with E-state index in [9.17, 15) is 4.79 Å². The number of rotatable bonds is 6. The largest absolute Gasteiger partial charge is 0.369 e. The van der Waals surface area contributed by atoms with Crippen LogP contribution in [0.25, 0.3) is 0 Å². The maximum absolute atomic E-state index is 11.8. The molecule has 0 aliphatic carbocycles. The number of hydrogen-bond acceptors (Lipinski definition) is 2. The highest BCUT2D eigenvalue weighted by Crippen LogP contribution is 2.19. The number of carbonyl (C=O) groups excluding carboxylic acids is 1. The standard InChI is InChI=1S/C13H27NO2/c1-9(2)11(10(3)4)8-14-12(15)13(5,6)16-7/h9-11H,8H2,1-7H3,(H,14,15). The highest BCUT2D eigenvalue weighted by atomic mass is 16.5. The molecule has 0 aliphatic rings. The Morgan fingerprint density at radius 1 is 1.19 bits per heavy atom. The minimum atomic E-state index is -0.738. The first-order chi connectivity index (χ1) is 7.22. The van der Waals surface area contributed by atoms with Gasteiger partial charge >= 0.3 is 0 Å². The zero-order valence-electron chi connectivity index (χ0n) is 11.8. The van der Waals surface area contributed by atoms with Crippen molar-refractivity contribution in [2.24, 2.45) is 17.8 Å². The third kappa shape index (κ3) is 4.52. The summed E-state index contributed by atoms with van der Waals surface area (Å²) >= 11 is 0. The van der Waals surface area contributed by atoms with Gasteiger partial charge < -0.3 is 10.1 Å². The van der Waals surface area contributed by atoms with Crippen LogP contribution < -0.4 is 5.32 Å². The van der Waals surface area contributed by atoms with E-state index in [-0.39, 0.29) is 5.91 Å². The molecule has 3 heteroatoms. The molecule has 0 spiro atoms. The van der Waals surface area contributed by atoms with E-state index in [0.717, 1.165) is 6.54 Å². The molecule has 0 heterocycles. The molecule has 0 saturated carbocycles. The second-order valence-corrected chi connectivity index (χ2v) is 5.58. The average molecular weight is 229 g/mol. The van der Waals surface area contributed by atoms with Gasteiger partial charge in [0.25, 0.3) is 5.91 Å². The van der Waals surface area contributed by atoms with Crippen LogP contribution in [0, 0.1) is 17.8 Å². The molecule has 1 amide bonds. The molecule has 0 aromatic carbocycles. The summed E-state index contributed by atoms with van der Waals surface area (Å²) in [5, 5.41) is 2.97. The molecule has 1 N–H and O–H groups in total. The molecule has 96 valence electrons. The maximum atomic E-state index is 11.8. The molecule has 16 heavy (non-hydrogen) atoms. The van der Waals surface area contributed by atoms with Gasteiger partial charge in [0.2, 0.25) is 0 Å². The van der Waals surface area contributed by atoms with Crippen molar-refractivity contribution < 1.29 is 9.53 Å². The number of ether oxygens (including phenoxy) is 1. The summed E-state index contributed by atoms with van der Waals surface area (Å²) in [4.78, 5) is 11.8. The molecule has 0 atom stereocenters. The van der Waals surface area contributed by atoms with Crippen molar-refractivity contribution >= 4 is 5.91 Å². The molecule has 0 radical (unpaired) electrons. The van der Waals surface area contributed by atoms with Gasteiger partial charge in [-0.15, -0.1) is 0 Å². The minimum Gasteiger partial charge on any atom is -0.369 e. The van der Waals surface area contributed by atoms with Gasteiger partial charge in [-0.1, -0.05) is 27.7 Å². The molecular formula is C13H27NO2. The fourth-order valence-corrected chi connectivity index (χ4v) is 1.76. The summed E-state index contributed by atoms with van der Waals surface area (Å²) in [5.41, 5.74) is -0.738. The lowest BCUT2D eigenvalue weighted by Crippen LogP contribution is -2.46. The van der Waals surface area contributed by atoms with E-state index < -0.39 is 5.60 Å². The molecule has 0 unspecified atom stereocenters. The Morgan fingerprint density at radius 3 is 1.94 bits per heavy atom. The first kappa shape index (κ1) is 15.4. The number of hydrogen-bond donors (Lipinski definition) is 1. The zero-order valence-corrected chi connectivity index (χ0v) is 11.8. The lowest BCUT2D eigenvalue weighted by Gasteiger charge is -2.28. The topological polar surface area (TPSA) is 38.3 Å². The normalized spacial score (nSPS) is 12.6. The Bertz CT molecular complexity index is 214. The van der Waals surface area contributed by atoms with Crippen LogP contribution in [0.15, 0.2) is 0 Å². The van der Waals surface area contributed by atoms with Gasteiger partial charge in [0.05, 0.1) is 0 Å². The fourth-order valence-electron chi connectivity index (χ4n) is 1.76. The predicted molar refractivity (Wildman–Crippen MR) is 67.3 cm³/mol. The number of methoxy groups -OCH3 is 1. The van der Waals surface area contributed by atoms with Crippen LogP contribution >= 0.6 is 0 Å². The second kappa shape index (κ2) is 6.24. The molecule has 0 bridgehead atoms. The maximum Gasteiger partial charge on any atom is 0.251 e. The van der Waals surface area contributed by atoms with Gasteiger partial charge in [0, 0.05) is 13.7 Å². The van der Waals surface area contributed by atoms with Crippen LogP contribution in [-0.2, 0) is 9.53 Å². The molecule has 0 aromatic heterocycles. The Kier molecular flexibility index (Phi) is 6.01. The third-order valence-electron chi connectivity index (χ3n) is 3.27. The number of carbonyl (C=O) groups is 1. The van der Waals surface area contributed by atoms with Gasteiger partial charge in [-0.3, -0.25) is 4.79 Å². The predicted octanol–water partition coefficient (Wildman–Crippen LogP) is 2.46. The molecule has 0 fully saturated rings. The summed E-state index contributed by atoms with van der Waals surface area (Å²) < 4.78 is 5.14. The quantitative estimate of drug-likeness (QED) is 0.760. The van der Waals surface area contributed by atoms with Crippen molar-refractivity contribution in [3.8, 4) is 0 Å². The van der Waals surface area contributed by atoms with Crippen molar-refractivity contribution in [1.82, 2.24) is 5.32 Å². The van der Waals surface area contributed by atoms with E-state index in [4.69, 9.17) is 4.74 Å². The van der Waals surface area contributed by atoms with E-state index >= 15 is 0 Å². The van der Waals surface area contributed by atoms with Crippen molar-refractivity contribution in [3.63, 3.8) is 0 Å². The number of amides is 1. The Balaban J connectivity index is 4.27. The van der Waals surface area contributed by atoms with Crippen LogP contribution in [0.4, 0.5) is 0 Å². The lowest BCUT2D eigenvalue weighted by atomic mass is 9.85. The van der Waals surface area contributed by atoms with Crippen LogP contribution in [0.1, 0.15) is 41.5 Å². The molecule has 0 aliphatic heterocycles. The summed E-state index contributed by atoms with van der Waals surface area (Å²) in [6, 6.07) is 0. The Morgan fingerprint density at radius 2 is 1.62 bits per heavy atom. The van der Waals surface area contributed by atoms with Gasteiger partial charge in [0.1, 0.15) is 5.60 Å². The van der Waals surface area contributed by atoms with Gasteiger partial charge in [-0.05, 0) is 31.6 Å². The lowest BCUT2D eigenvalue weighted by molar-refractivity contribution is -0.139. The van der Waals surface area contributed by atoms with Gasteiger partial charge in [0.15, 0.2) is 0 Å². The van der Waals surface area contributed by atoms with E-state index in [1.807, 2.05) is 0 Å². The molecule has 0 saturated heterocycles. The van der Waals surface area contributed by atoms with Gasteiger partial charge in [-0.25, -0.2) is 0 Å². The molecule has 0 aromatic rings. The first-order valence-corrected chi connectivity index (χ1v) is 6.05. The summed E-state index contributed by atoms with van der Waals surface area (Å²) in [6.45, 7) is 13.1. The zero-order chi connectivity index (χ0) is 12.9. The summed E-state index contributed by atoms with van der Waals surface area (Å²) in [5.74, 6) is 1.62. The van der Waals surface area contributed by atoms with E-state index in [2.05, 4.69) is 33.0 Å². The summed E-state index contributed by atoms with van der Waals surface area (Å²) in [7, 11) is 1.56. The van der Waals surface area contributed by atoms with Crippen LogP contribution in [0.5, 0.6) is 0 Å². The smallest absolute Gasteiger partial charge is 0.251 e. The molecule has 0 rings (SSSR count). The average Bonchev–Trinajstić information content (AvgIpc) is 2.16.